The van der Waals surface area contributed by atoms with Gasteiger partial charge in [0.25, 0.3) is 0 Å². The summed E-state index contributed by atoms with van der Waals surface area (Å²) in [6.07, 6.45) is 0.993. The molecule has 0 spiro atoms. The topological polar surface area (TPSA) is 64.8 Å². The molecule has 2 saturated carbocycles. The van der Waals surface area contributed by atoms with Gasteiger partial charge in [-0.2, -0.15) is 0 Å². The van der Waals surface area contributed by atoms with Gasteiger partial charge in [-0.1, -0.05) is 24.3 Å². The van der Waals surface area contributed by atoms with E-state index in [0.29, 0.717) is 0 Å². The van der Waals surface area contributed by atoms with Gasteiger partial charge in [0.05, 0.1) is 14.2 Å². The summed E-state index contributed by atoms with van der Waals surface area (Å²) in [5.41, 5.74) is 0.754. The average molecular weight is 343 g/mol. The van der Waals surface area contributed by atoms with E-state index >= 15 is 0 Å². The van der Waals surface area contributed by atoms with Crippen LogP contribution in [-0.4, -0.2) is 56.0 Å². The monoisotopic (exact) mass is 343 g/mol. The van der Waals surface area contributed by atoms with Gasteiger partial charge in [0.15, 0.2) is 11.1 Å². The number of hydrogen-bond donors (Lipinski definition) is 0. The van der Waals surface area contributed by atoms with Crippen LogP contribution in [0.1, 0.15) is 29.4 Å². The summed E-state index contributed by atoms with van der Waals surface area (Å²) in [6, 6.07) is 8.40. The molecule has 5 rings (SSSR count). The third kappa shape index (κ3) is 1.29. The molecule has 6 nitrogen and oxygen atoms in total. The lowest BCUT2D eigenvalue weighted by molar-refractivity contribution is -0.162. The van der Waals surface area contributed by atoms with E-state index in [9.17, 15) is 9.59 Å². The minimum atomic E-state index is -0.942. The van der Waals surface area contributed by atoms with Crippen molar-refractivity contribution in [3.05, 3.63) is 35.4 Å². The molecule has 132 valence electrons. The number of benzene rings is 1. The van der Waals surface area contributed by atoms with E-state index in [0.717, 1.165) is 6.42 Å². The Morgan fingerprint density at radius 2 is 1.48 bits per heavy atom. The lowest BCUT2D eigenvalue weighted by atomic mass is 9.51. The van der Waals surface area contributed by atoms with Crippen molar-refractivity contribution in [1.29, 1.82) is 0 Å². The SMILES string of the molecule is COCN1[C@]2(C(=O)OC)[C@@H]3[C@@H]([C@@H]4C[C@H]3c3ccccc34)[C@]12C(=O)OC. The minimum absolute atomic E-state index is 0.0779. The summed E-state index contributed by atoms with van der Waals surface area (Å²) in [7, 11) is 4.35. The molecule has 0 aromatic heterocycles. The van der Waals surface area contributed by atoms with E-state index in [1.165, 1.54) is 25.3 Å². The zero-order chi connectivity index (χ0) is 17.6. The molecule has 1 unspecified atom stereocenters. The fourth-order valence-corrected chi connectivity index (χ4v) is 6.67. The highest BCUT2D eigenvalue weighted by Crippen LogP contribution is 2.84. The molecule has 0 radical (unpaired) electrons. The van der Waals surface area contributed by atoms with E-state index in [4.69, 9.17) is 14.2 Å². The van der Waals surface area contributed by atoms with Crippen LogP contribution in [-0.2, 0) is 23.8 Å². The summed E-state index contributed by atoms with van der Waals surface area (Å²) in [5.74, 6) is 0.0283. The van der Waals surface area contributed by atoms with Crippen LogP contribution in [0.3, 0.4) is 0 Å². The van der Waals surface area contributed by atoms with Crippen molar-refractivity contribution in [1.82, 2.24) is 4.90 Å². The summed E-state index contributed by atoms with van der Waals surface area (Å²) in [4.78, 5) is 27.6. The zero-order valence-corrected chi connectivity index (χ0v) is 14.5. The molecule has 2 bridgehead atoms. The van der Waals surface area contributed by atoms with Gasteiger partial charge in [-0.05, 0) is 29.4 Å². The number of carbonyl (C=O) groups excluding carboxylic acids is 2. The fourth-order valence-electron chi connectivity index (χ4n) is 6.67. The van der Waals surface area contributed by atoms with Crippen LogP contribution < -0.4 is 0 Å². The Labute approximate surface area is 146 Å². The van der Waals surface area contributed by atoms with Gasteiger partial charge in [0.2, 0.25) is 0 Å². The summed E-state index contributed by atoms with van der Waals surface area (Å²) in [6.45, 7) is 0.215. The third-order valence-corrected chi connectivity index (χ3v) is 7.16. The summed E-state index contributed by atoms with van der Waals surface area (Å²) < 4.78 is 15.6. The number of nitrogens with zero attached hydrogens (tertiary/aromatic N) is 1. The molecule has 1 heterocycles. The number of carbonyl (C=O) groups is 2. The van der Waals surface area contributed by atoms with E-state index in [1.807, 2.05) is 17.0 Å². The molecule has 1 aromatic carbocycles. The van der Waals surface area contributed by atoms with Crippen molar-refractivity contribution in [3.8, 4) is 0 Å². The summed E-state index contributed by atoms with van der Waals surface area (Å²) in [5, 5.41) is 0. The van der Waals surface area contributed by atoms with E-state index in [2.05, 4.69) is 12.1 Å². The van der Waals surface area contributed by atoms with Crippen LogP contribution >= 0.6 is 0 Å². The molecule has 4 aliphatic rings. The average Bonchev–Trinajstić information content (AvgIpc) is 2.91. The van der Waals surface area contributed by atoms with Crippen molar-refractivity contribution in [2.45, 2.75) is 29.3 Å². The molecule has 0 amide bonds. The second-order valence-electron chi connectivity index (χ2n) is 7.49. The van der Waals surface area contributed by atoms with Gasteiger partial charge in [-0.3, -0.25) is 0 Å². The molecule has 7 atom stereocenters. The van der Waals surface area contributed by atoms with Crippen LogP contribution in [0.5, 0.6) is 0 Å². The minimum Gasteiger partial charge on any atom is -0.468 e. The molecular formula is C19H21NO5. The quantitative estimate of drug-likeness (QED) is 0.466. The number of rotatable bonds is 4. The van der Waals surface area contributed by atoms with Gasteiger partial charge in [-0.25, -0.2) is 14.5 Å². The van der Waals surface area contributed by atoms with Gasteiger partial charge >= 0.3 is 11.9 Å². The Kier molecular flexibility index (Phi) is 2.84. The number of methoxy groups -OCH3 is 3. The van der Waals surface area contributed by atoms with Crippen LogP contribution in [0.25, 0.3) is 0 Å². The van der Waals surface area contributed by atoms with E-state index < -0.39 is 11.1 Å². The van der Waals surface area contributed by atoms with Gasteiger partial charge in [-0.15, -0.1) is 0 Å². The molecule has 0 N–H and O–H groups in total. The highest BCUT2D eigenvalue weighted by molar-refractivity contribution is 6.06. The highest BCUT2D eigenvalue weighted by atomic mass is 16.5. The number of hydrogen-bond acceptors (Lipinski definition) is 6. The first-order valence-corrected chi connectivity index (χ1v) is 8.64. The van der Waals surface area contributed by atoms with Crippen molar-refractivity contribution in [2.24, 2.45) is 11.8 Å². The van der Waals surface area contributed by atoms with E-state index in [-0.39, 0.29) is 42.3 Å². The lowest BCUT2D eigenvalue weighted by Gasteiger charge is -2.48. The number of likely N-dealkylation sites (tertiary alicyclic amines) is 1. The first kappa shape index (κ1) is 15.3. The van der Waals surface area contributed by atoms with Crippen molar-refractivity contribution in [3.63, 3.8) is 0 Å². The Morgan fingerprint density at radius 1 is 1.00 bits per heavy atom. The van der Waals surface area contributed by atoms with Crippen molar-refractivity contribution in [2.75, 3.05) is 28.1 Å². The van der Waals surface area contributed by atoms with Crippen molar-refractivity contribution < 1.29 is 23.8 Å². The molecule has 1 aromatic rings. The standard InChI is InChI=1S/C19H21NO5/c1-23-9-20-18(16(21)24-2)14-12-8-13(11-7-5-4-6-10(11)12)15(14)19(18,20)17(22)25-3/h4-7,12-15H,8-9H2,1-3H3/t12-,13+,14-,15+,18-,19+,20?. The van der Waals surface area contributed by atoms with Crippen LogP contribution in [0, 0.1) is 11.8 Å². The predicted molar refractivity (Wildman–Crippen MR) is 86.7 cm³/mol. The van der Waals surface area contributed by atoms with Crippen LogP contribution in [0.15, 0.2) is 24.3 Å². The lowest BCUT2D eigenvalue weighted by Crippen LogP contribution is -2.64. The molecular weight excluding hydrogens is 322 g/mol. The van der Waals surface area contributed by atoms with Gasteiger partial charge < -0.3 is 14.2 Å². The molecule has 25 heavy (non-hydrogen) atoms. The first-order valence-electron chi connectivity index (χ1n) is 8.64. The Balaban J connectivity index is 1.68. The zero-order valence-electron chi connectivity index (χ0n) is 14.5. The van der Waals surface area contributed by atoms with Gasteiger partial charge in [0.1, 0.15) is 6.73 Å². The Hall–Kier alpha value is -1.92. The fraction of sp³-hybridized carbons (Fsp3) is 0.579. The maximum Gasteiger partial charge on any atom is 0.329 e. The van der Waals surface area contributed by atoms with Crippen LogP contribution in [0.2, 0.25) is 0 Å². The van der Waals surface area contributed by atoms with Crippen LogP contribution in [0.4, 0.5) is 0 Å². The maximum atomic E-state index is 12.9. The molecule has 3 fully saturated rings. The third-order valence-electron chi connectivity index (χ3n) is 7.16. The van der Waals surface area contributed by atoms with E-state index in [1.54, 1.807) is 7.11 Å². The smallest absolute Gasteiger partial charge is 0.329 e. The Morgan fingerprint density at radius 3 is 1.88 bits per heavy atom. The number of fused-ring (bicyclic) bond motifs is 11. The molecule has 1 saturated heterocycles. The number of esters is 2. The highest BCUT2D eigenvalue weighted by Gasteiger charge is 3.01. The van der Waals surface area contributed by atoms with Gasteiger partial charge in [0, 0.05) is 18.9 Å². The molecule has 1 aliphatic heterocycles. The van der Waals surface area contributed by atoms with Crippen molar-refractivity contribution >= 4 is 11.9 Å². The first-order chi connectivity index (χ1) is 12.1. The normalized spacial score (nSPS) is 44.2. The Bertz CT molecular complexity index is 733. The molecule has 6 heteroatoms. The largest absolute Gasteiger partial charge is 0.468 e. The number of ether oxygens (including phenoxy) is 3. The second-order valence-corrected chi connectivity index (χ2v) is 7.49. The molecule has 3 aliphatic carbocycles. The maximum absolute atomic E-state index is 12.9. The second kappa shape index (κ2) is 4.62. The predicted octanol–water partition coefficient (Wildman–Crippen LogP) is 1.26. The summed E-state index contributed by atoms with van der Waals surface area (Å²) >= 11 is 0.